The Hall–Kier alpha value is -2.13. The van der Waals surface area contributed by atoms with Crippen LogP contribution in [-0.2, 0) is 4.74 Å². The number of ether oxygens (including phenoxy) is 1. The quantitative estimate of drug-likeness (QED) is 0.810. The summed E-state index contributed by atoms with van der Waals surface area (Å²) in [5, 5.41) is 4.00. The van der Waals surface area contributed by atoms with Gasteiger partial charge in [-0.25, -0.2) is 9.97 Å². The average Bonchev–Trinajstić information content (AvgIpc) is 3.14. The highest BCUT2D eigenvalue weighted by Gasteiger charge is 2.33. The van der Waals surface area contributed by atoms with E-state index < -0.39 is 0 Å². The Morgan fingerprint density at radius 2 is 2.12 bits per heavy atom. The maximum Gasteiger partial charge on any atom is 0.276 e. The van der Waals surface area contributed by atoms with Crippen molar-refractivity contribution in [3.63, 3.8) is 0 Å². The van der Waals surface area contributed by atoms with E-state index in [2.05, 4.69) is 19.5 Å². The smallest absolute Gasteiger partial charge is 0.276 e. The lowest BCUT2D eigenvalue weighted by atomic mass is 10.1. The molecule has 4 heterocycles. The largest absolute Gasteiger partial charge is 0.377 e. The van der Waals surface area contributed by atoms with Crippen molar-refractivity contribution in [3.8, 4) is 0 Å². The molecule has 1 amide bonds. The summed E-state index contributed by atoms with van der Waals surface area (Å²) >= 11 is 1.24. The van der Waals surface area contributed by atoms with Gasteiger partial charge in [0.15, 0.2) is 11.5 Å². The van der Waals surface area contributed by atoms with E-state index in [4.69, 9.17) is 9.72 Å². The molecule has 0 unspecified atom stereocenters. The fourth-order valence-electron chi connectivity index (χ4n) is 3.45. The average molecular weight is 374 g/mol. The van der Waals surface area contributed by atoms with E-state index in [1.54, 1.807) is 11.1 Å². The normalized spacial score (nSPS) is 21.0. The third kappa shape index (κ3) is 3.41. The number of amides is 1. The topological polar surface area (TPSA) is 84.3 Å². The van der Waals surface area contributed by atoms with E-state index in [9.17, 15) is 4.79 Å². The number of rotatable bonds is 3. The van der Waals surface area contributed by atoms with Crippen LogP contribution in [0.2, 0.25) is 0 Å². The first-order chi connectivity index (χ1) is 12.7. The first kappa shape index (κ1) is 17.3. The van der Waals surface area contributed by atoms with Crippen molar-refractivity contribution in [1.82, 2.24) is 24.5 Å². The van der Waals surface area contributed by atoms with E-state index in [-0.39, 0.29) is 11.9 Å². The molecule has 9 heteroatoms. The van der Waals surface area contributed by atoms with Gasteiger partial charge in [0.1, 0.15) is 11.9 Å². The molecule has 138 valence electrons. The summed E-state index contributed by atoms with van der Waals surface area (Å²) in [6.45, 7) is 5.29. The van der Waals surface area contributed by atoms with Gasteiger partial charge in [-0.3, -0.25) is 4.79 Å². The summed E-state index contributed by atoms with van der Waals surface area (Å²) in [5.41, 5.74) is 0.411. The second-order valence-corrected chi connectivity index (χ2v) is 7.55. The van der Waals surface area contributed by atoms with E-state index in [0.29, 0.717) is 31.3 Å². The number of hydrogen-bond acceptors (Lipinski definition) is 8. The van der Waals surface area contributed by atoms with Gasteiger partial charge in [0, 0.05) is 25.8 Å². The summed E-state index contributed by atoms with van der Waals surface area (Å²) in [4.78, 5) is 27.1. The minimum Gasteiger partial charge on any atom is -0.377 e. The van der Waals surface area contributed by atoms with Crippen molar-refractivity contribution in [3.05, 3.63) is 28.7 Å². The molecular weight excluding hydrogens is 352 g/mol. The van der Waals surface area contributed by atoms with E-state index >= 15 is 0 Å². The third-order valence-electron chi connectivity index (χ3n) is 4.88. The minimum absolute atomic E-state index is 0.128. The van der Waals surface area contributed by atoms with E-state index in [1.165, 1.54) is 30.8 Å². The van der Waals surface area contributed by atoms with Crippen LogP contribution in [0.4, 0.5) is 5.82 Å². The fraction of sp³-hybridized carbons (Fsp3) is 0.588. The van der Waals surface area contributed by atoms with Gasteiger partial charge in [0.2, 0.25) is 0 Å². The number of carbonyl (C=O) groups is 1. The van der Waals surface area contributed by atoms with Gasteiger partial charge >= 0.3 is 0 Å². The molecular formula is C17H22N6O2S. The lowest BCUT2D eigenvalue weighted by molar-refractivity contribution is -0.00554. The van der Waals surface area contributed by atoms with Crippen molar-refractivity contribution in [2.24, 2.45) is 0 Å². The fourth-order valence-corrected chi connectivity index (χ4v) is 3.91. The van der Waals surface area contributed by atoms with Crippen molar-refractivity contribution in [2.45, 2.75) is 32.2 Å². The van der Waals surface area contributed by atoms with Crippen molar-refractivity contribution >= 4 is 23.3 Å². The first-order valence-electron chi connectivity index (χ1n) is 8.99. The molecule has 0 radical (unpaired) electrons. The van der Waals surface area contributed by atoms with Gasteiger partial charge in [-0.2, -0.15) is 0 Å². The lowest BCUT2D eigenvalue weighted by Gasteiger charge is -2.35. The number of aryl methyl sites for hydroxylation is 1. The number of piperidine rings is 1. The van der Waals surface area contributed by atoms with Crippen LogP contribution >= 0.6 is 11.5 Å². The minimum atomic E-state index is -0.304. The highest BCUT2D eigenvalue weighted by molar-refractivity contribution is 7.05. The lowest BCUT2D eigenvalue weighted by Crippen LogP contribution is -2.44. The molecule has 0 spiro atoms. The maximum atomic E-state index is 13.0. The van der Waals surface area contributed by atoms with Crippen LogP contribution < -0.4 is 4.90 Å². The van der Waals surface area contributed by atoms with Gasteiger partial charge in [-0.05, 0) is 43.8 Å². The summed E-state index contributed by atoms with van der Waals surface area (Å²) in [5.74, 6) is 1.43. The Balaban J connectivity index is 1.60. The molecule has 26 heavy (non-hydrogen) atoms. The third-order valence-corrected chi connectivity index (χ3v) is 5.51. The van der Waals surface area contributed by atoms with Crippen LogP contribution in [0.1, 0.15) is 46.5 Å². The molecule has 0 N–H and O–H groups in total. The van der Waals surface area contributed by atoms with Gasteiger partial charge in [0.05, 0.1) is 18.1 Å². The van der Waals surface area contributed by atoms with Gasteiger partial charge in [-0.1, -0.05) is 4.49 Å². The SMILES string of the molecule is Cc1snnc1C(=O)N1CCOC[C@H]1c1nccc(N2CCCCC2)n1. The molecule has 4 rings (SSSR count). The molecule has 2 saturated heterocycles. The molecule has 1 atom stereocenters. The summed E-state index contributed by atoms with van der Waals surface area (Å²) in [6, 6.07) is 1.64. The predicted molar refractivity (Wildman–Crippen MR) is 97.3 cm³/mol. The Bertz CT molecular complexity index is 776. The number of nitrogens with zero attached hydrogens (tertiary/aromatic N) is 6. The highest BCUT2D eigenvalue weighted by atomic mass is 32.1. The van der Waals surface area contributed by atoms with Gasteiger partial charge < -0.3 is 14.5 Å². The first-order valence-corrected chi connectivity index (χ1v) is 9.77. The molecule has 0 saturated carbocycles. The van der Waals surface area contributed by atoms with Crippen LogP contribution in [0.5, 0.6) is 0 Å². The van der Waals surface area contributed by atoms with Crippen molar-refractivity contribution in [1.29, 1.82) is 0 Å². The van der Waals surface area contributed by atoms with E-state index in [0.717, 1.165) is 23.8 Å². The van der Waals surface area contributed by atoms with Crippen LogP contribution in [0, 0.1) is 6.92 Å². The van der Waals surface area contributed by atoms with Crippen LogP contribution in [-0.4, -0.2) is 63.2 Å². The standard InChI is InChI=1S/C17H22N6O2S/c1-12-15(20-21-26-12)17(24)23-9-10-25-11-13(23)16-18-6-5-14(19-16)22-7-3-2-4-8-22/h5-6,13H,2-4,7-11H2,1H3/t13-/m0/s1. The zero-order chi connectivity index (χ0) is 17.9. The molecule has 2 aliphatic rings. The predicted octanol–water partition coefficient (Wildman–Crippen LogP) is 1.84. The number of aromatic nitrogens is 4. The number of hydrogen-bond donors (Lipinski definition) is 0. The highest BCUT2D eigenvalue weighted by Crippen LogP contribution is 2.26. The Morgan fingerprint density at radius 3 is 2.88 bits per heavy atom. The second-order valence-electron chi connectivity index (χ2n) is 6.59. The molecule has 2 aromatic heterocycles. The summed E-state index contributed by atoms with van der Waals surface area (Å²) in [6.07, 6.45) is 5.42. The number of carbonyl (C=O) groups excluding carboxylic acids is 1. The van der Waals surface area contributed by atoms with E-state index in [1.807, 2.05) is 13.0 Å². The number of morpholine rings is 1. The molecule has 0 aliphatic carbocycles. The summed E-state index contributed by atoms with van der Waals surface area (Å²) in [7, 11) is 0. The Morgan fingerprint density at radius 1 is 1.27 bits per heavy atom. The van der Waals surface area contributed by atoms with Crippen LogP contribution in [0.3, 0.4) is 0 Å². The monoisotopic (exact) mass is 374 g/mol. The molecule has 0 bridgehead atoms. The van der Waals surface area contributed by atoms with Gasteiger partial charge in [-0.15, -0.1) is 5.10 Å². The van der Waals surface area contributed by atoms with Crippen LogP contribution in [0.25, 0.3) is 0 Å². The Labute approximate surface area is 156 Å². The molecule has 0 aromatic carbocycles. The second kappa shape index (κ2) is 7.63. The van der Waals surface area contributed by atoms with Crippen molar-refractivity contribution < 1.29 is 9.53 Å². The maximum absolute atomic E-state index is 13.0. The molecule has 8 nitrogen and oxygen atoms in total. The zero-order valence-corrected chi connectivity index (χ0v) is 15.6. The van der Waals surface area contributed by atoms with Crippen LogP contribution in [0.15, 0.2) is 12.3 Å². The Kier molecular flexibility index (Phi) is 5.07. The van der Waals surface area contributed by atoms with Gasteiger partial charge in [0.25, 0.3) is 5.91 Å². The van der Waals surface area contributed by atoms with Crippen molar-refractivity contribution in [2.75, 3.05) is 37.7 Å². The summed E-state index contributed by atoms with van der Waals surface area (Å²) < 4.78 is 9.51. The zero-order valence-electron chi connectivity index (χ0n) is 14.8. The molecule has 2 aromatic rings. The number of anilines is 1. The molecule has 2 fully saturated rings. The molecule has 2 aliphatic heterocycles.